The molecule has 2 heterocycles. The van der Waals surface area contributed by atoms with Crippen molar-refractivity contribution >= 4 is 28.0 Å². The van der Waals surface area contributed by atoms with Gasteiger partial charge in [-0.25, -0.2) is 0 Å². The second kappa shape index (κ2) is 7.87. The van der Waals surface area contributed by atoms with Gasteiger partial charge in [-0.1, -0.05) is 42.5 Å². The first kappa shape index (κ1) is 18.7. The third-order valence-corrected chi connectivity index (χ3v) is 5.02. The first-order valence-electron chi connectivity index (χ1n) is 9.96. The minimum Gasteiger partial charge on any atom is -0.493 e. The Labute approximate surface area is 178 Å². The van der Waals surface area contributed by atoms with E-state index in [0.29, 0.717) is 29.3 Å². The number of amides is 1. The molecule has 1 amide bonds. The Hall–Kier alpha value is -4.26. The Bertz CT molecular complexity index is 1390. The molecule has 0 fully saturated rings. The van der Waals surface area contributed by atoms with Gasteiger partial charge in [0.15, 0.2) is 5.65 Å². The summed E-state index contributed by atoms with van der Waals surface area (Å²) in [5.74, 6) is 0.360. The van der Waals surface area contributed by atoms with Crippen LogP contribution in [0.1, 0.15) is 17.3 Å². The molecule has 152 valence electrons. The molecule has 31 heavy (non-hydrogen) atoms. The highest BCUT2D eigenvalue weighted by molar-refractivity contribution is 6.15. The summed E-state index contributed by atoms with van der Waals surface area (Å²) in [6, 6.07) is 22.9. The first-order chi connectivity index (χ1) is 15.2. The summed E-state index contributed by atoms with van der Waals surface area (Å²) in [6.07, 6.45) is 1.56. The van der Waals surface area contributed by atoms with Crippen LogP contribution in [0.4, 0.5) is 5.69 Å². The van der Waals surface area contributed by atoms with Crippen LogP contribution in [0, 0.1) is 0 Å². The topological polar surface area (TPSA) is 81.4 Å². The molecule has 0 saturated carbocycles. The Morgan fingerprint density at radius 1 is 1.00 bits per heavy atom. The highest BCUT2D eigenvalue weighted by Crippen LogP contribution is 2.29. The lowest BCUT2D eigenvalue weighted by Crippen LogP contribution is -2.14. The smallest absolute Gasteiger partial charge is 0.260 e. The van der Waals surface area contributed by atoms with Crippen LogP contribution in [-0.2, 0) is 0 Å². The molecule has 3 aromatic carbocycles. The second-order valence-corrected chi connectivity index (χ2v) is 6.98. The molecule has 0 aliphatic heterocycles. The maximum Gasteiger partial charge on any atom is 0.260 e. The highest BCUT2D eigenvalue weighted by Gasteiger charge is 2.17. The van der Waals surface area contributed by atoms with Crippen LogP contribution in [0.15, 0.2) is 79.1 Å². The van der Waals surface area contributed by atoms with E-state index in [1.807, 2.05) is 79.7 Å². The van der Waals surface area contributed by atoms with E-state index in [4.69, 9.17) is 4.74 Å². The molecule has 2 aromatic heterocycles. The average molecular weight is 409 g/mol. The normalized spacial score (nSPS) is 11.0. The number of carbonyl (C=O) groups excluding carboxylic acids is 1. The molecule has 7 nitrogen and oxygen atoms in total. The van der Waals surface area contributed by atoms with Crippen molar-refractivity contribution in [3.05, 3.63) is 84.7 Å². The number of benzene rings is 3. The molecular weight excluding hydrogens is 390 g/mol. The number of nitrogens with zero attached hydrogens (tertiary/aromatic N) is 4. The number of hydrogen-bond acceptors (Lipinski definition) is 5. The molecule has 0 spiro atoms. The summed E-state index contributed by atoms with van der Waals surface area (Å²) >= 11 is 0. The van der Waals surface area contributed by atoms with Crippen LogP contribution in [-0.4, -0.2) is 32.3 Å². The first-order valence-corrected chi connectivity index (χ1v) is 9.96. The lowest BCUT2D eigenvalue weighted by molar-refractivity contribution is 0.102. The Morgan fingerprint density at radius 3 is 2.68 bits per heavy atom. The average Bonchev–Trinajstić information content (AvgIpc) is 3.27. The van der Waals surface area contributed by atoms with Crippen LogP contribution in [0.25, 0.3) is 27.7 Å². The molecule has 0 atom stereocenters. The van der Waals surface area contributed by atoms with Gasteiger partial charge in [-0.15, -0.1) is 10.2 Å². The van der Waals surface area contributed by atoms with E-state index in [2.05, 4.69) is 20.6 Å². The number of anilines is 1. The molecule has 0 aliphatic carbocycles. The van der Waals surface area contributed by atoms with Gasteiger partial charge >= 0.3 is 0 Å². The zero-order valence-electron chi connectivity index (χ0n) is 16.8. The van der Waals surface area contributed by atoms with Crippen molar-refractivity contribution in [2.75, 3.05) is 11.9 Å². The number of hydrogen-bond donors (Lipinski definition) is 1. The lowest BCUT2D eigenvalue weighted by atomic mass is 10.0. The number of rotatable bonds is 5. The van der Waals surface area contributed by atoms with Gasteiger partial charge in [-0.2, -0.15) is 9.61 Å². The van der Waals surface area contributed by atoms with E-state index in [9.17, 15) is 4.79 Å². The van der Waals surface area contributed by atoms with Gasteiger partial charge < -0.3 is 10.1 Å². The second-order valence-electron chi connectivity index (χ2n) is 6.98. The zero-order valence-corrected chi connectivity index (χ0v) is 16.8. The van der Waals surface area contributed by atoms with Crippen molar-refractivity contribution < 1.29 is 9.53 Å². The van der Waals surface area contributed by atoms with Gasteiger partial charge in [-0.05, 0) is 48.0 Å². The minimum absolute atomic E-state index is 0.211. The van der Waals surface area contributed by atoms with Crippen molar-refractivity contribution in [2.45, 2.75) is 6.92 Å². The number of ether oxygens (including phenoxy) is 1. The fourth-order valence-electron chi connectivity index (χ4n) is 3.56. The van der Waals surface area contributed by atoms with Crippen LogP contribution in [0.3, 0.4) is 0 Å². The fraction of sp³-hybridized carbons (Fsp3) is 0.0833. The molecular formula is C24H19N5O2. The van der Waals surface area contributed by atoms with Gasteiger partial charge in [0, 0.05) is 11.3 Å². The molecule has 0 unspecified atom stereocenters. The van der Waals surface area contributed by atoms with Crippen molar-refractivity contribution in [3.63, 3.8) is 0 Å². The summed E-state index contributed by atoms with van der Waals surface area (Å²) in [5, 5.41) is 17.1. The zero-order chi connectivity index (χ0) is 21.2. The molecule has 7 heteroatoms. The number of carbonyl (C=O) groups is 1. The van der Waals surface area contributed by atoms with Gasteiger partial charge in [-0.3, -0.25) is 4.79 Å². The van der Waals surface area contributed by atoms with Crippen molar-refractivity contribution in [2.24, 2.45) is 0 Å². The largest absolute Gasteiger partial charge is 0.493 e. The SMILES string of the molecule is CCOc1ccc2ccccc2c1C(=O)Nc1ccc(-c2ccc3nncn3n2)cc1. The number of nitrogens with one attached hydrogen (secondary N) is 1. The van der Waals surface area contributed by atoms with E-state index in [1.54, 1.807) is 10.8 Å². The van der Waals surface area contributed by atoms with Crippen molar-refractivity contribution in [1.29, 1.82) is 0 Å². The minimum atomic E-state index is -0.211. The lowest BCUT2D eigenvalue weighted by Gasteiger charge is -2.14. The van der Waals surface area contributed by atoms with Crippen LogP contribution >= 0.6 is 0 Å². The fourth-order valence-corrected chi connectivity index (χ4v) is 3.56. The standard InChI is InChI=1S/C24H19N5O2/c1-2-31-21-13-9-16-5-3-4-6-19(16)23(21)24(30)26-18-10-7-17(8-11-18)20-12-14-22-27-25-15-29(22)28-20/h3-15H,2H2,1H3,(H,26,30). The maximum absolute atomic E-state index is 13.2. The summed E-state index contributed by atoms with van der Waals surface area (Å²) in [4.78, 5) is 13.2. The Morgan fingerprint density at radius 2 is 1.84 bits per heavy atom. The van der Waals surface area contributed by atoms with E-state index >= 15 is 0 Å². The van der Waals surface area contributed by atoms with Gasteiger partial charge in [0.1, 0.15) is 12.1 Å². The van der Waals surface area contributed by atoms with E-state index in [0.717, 1.165) is 22.0 Å². The summed E-state index contributed by atoms with van der Waals surface area (Å²) in [6.45, 7) is 2.39. The summed E-state index contributed by atoms with van der Waals surface area (Å²) in [7, 11) is 0. The quantitative estimate of drug-likeness (QED) is 0.459. The van der Waals surface area contributed by atoms with Gasteiger partial charge in [0.2, 0.25) is 0 Å². The molecule has 0 radical (unpaired) electrons. The molecule has 1 N–H and O–H groups in total. The third-order valence-electron chi connectivity index (χ3n) is 5.02. The van der Waals surface area contributed by atoms with Crippen molar-refractivity contribution in [3.8, 4) is 17.0 Å². The Balaban J connectivity index is 1.44. The Kier molecular flexibility index (Phi) is 4.76. The van der Waals surface area contributed by atoms with Crippen LogP contribution in [0.5, 0.6) is 5.75 Å². The number of aromatic nitrogens is 4. The molecule has 0 saturated heterocycles. The van der Waals surface area contributed by atoms with E-state index in [1.165, 1.54) is 0 Å². The van der Waals surface area contributed by atoms with Crippen molar-refractivity contribution in [1.82, 2.24) is 19.8 Å². The van der Waals surface area contributed by atoms with Gasteiger partial charge in [0.25, 0.3) is 5.91 Å². The highest BCUT2D eigenvalue weighted by atomic mass is 16.5. The van der Waals surface area contributed by atoms with Crippen LogP contribution in [0.2, 0.25) is 0 Å². The number of fused-ring (bicyclic) bond motifs is 2. The predicted molar refractivity (Wildman–Crippen MR) is 119 cm³/mol. The summed E-state index contributed by atoms with van der Waals surface area (Å²) in [5.41, 5.74) is 3.62. The third kappa shape index (κ3) is 3.57. The molecule has 0 aliphatic rings. The van der Waals surface area contributed by atoms with Gasteiger partial charge in [0.05, 0.1) is 17.9 Å². The van der Waals surface area contributed by atoms with E-state index < -0.39 is 0 Å². The summed E-state index contributed by atoms with van der Waals surface area (Å²) < 4.78 is 7.35. The monoisotopic (exact) mass is 409 g/mol. The van der Waals surface area contributed by atoms with E-state index in [-0.39, 0.29) is 5.91 Å². The molecule has 5 rings (SSSR count). The molecule has 0 bridgehead atoms. The predicted octanol–water partition coefficient (Wildman–Crippen LogP) is 4.60. The van der Waals surface area contributed by atoms with Crippen LogP contribution < -0.4 is 10.1 Å². The maximum atomic E-state index is 13.2. The molecule has 5 aromatic rings.